The summed E-state index contributed by atoms with van der Waals surface area (Å²) in [5.41, 5.74) is 13.2. The maximum absolute atomic E-state index is 6.71. The second-order valence-electron chi connectivity index (χ2n) is 16.5. The van der Waals surface area contributed by atoms with E-state index in [4.69, 9.17) is 4.42 Å². The van der Waals surface area contributed by atoms with Crippen molar-refractivity contribution in [1.29, 1.82) is 0 Å². The van der Waals surface area contributed by atoms with Crippen molar-refractivity contribution in [2.24, 2.45) is 0 Å². The minimum absolute atomic E-state index is 0.863. The molecule has 0 unspecified atom stereocenters. The van der Waals surface area contributed by atoms with Gasteiger partial charge in [0, 0.05) is 38.6 Å². The van der Waals surface area contributed by atoms with Crippen LogP contribution in [0.4, 0.5) is 17.1 Å². The van der Waals surface area contributed by atoms with Crippen LogP contribution in [0.1, 0.15) is 0 Å². The SMILES string of the molecule is c1cc(-c2ccc(N(c3ccc(-c4ccc5ccc6ccccc6c5c4)cc3)c3cccc4oc5c6ccccc6ccc5c34)cc2)cc(-n2c3ccccc3c3ccccc32)c1. The third kappa shape index (κ3) is 5.67. The van der Waals surface area contributed by atoms with E-state index in [0.29, 0.717) is 0 Å². The van der Waals surface area contributed by atoms with Gasteiger partial charge in [-0.2, -0.15) is 0 Å². The van der Waals surface area contributed by atoms with E-state index in [9.17, 15) is 0 Å². The Labute approximate surface area is 363 Å². The highest BCUT2D eigenvalue weighted by Gasteiger charge is 2.21. The molecule has 0 radical (unpaired) electrons. The molecule has 3 heteroatoms. The van der Waals surface area contributed by atoms with Gasteiger partial charge in [0.1, 0.15) is 11.2 Å². The van der Waals surface area contributed by atoms with Crippen LogP contribution in [0.15, 0.2) is 235 Å². The van der Waals surface area contributed by atoms with E-state index < -0.39 is 0 Å². The van der Waals surface area contributed by atoms with Crippen LogP contribution in [-0.4, -0.2) is 4.57 Å². The van der Waals surface area contributed by atoms with Gasteiger partial charge in [0.15, 0.2) is 0 Å². The molecule has 3 nitrogen and oxygen atoms in total. The molecule has 294 valence electrons. The van der Waals surface area contributed by atoms with Crippen molar-refractivity contribution < 1.29 is 4.42 Å². The van der Waals surface area contributed by atoms with Gasteiger partial charge in [0.2, 0.25) is 0 Å². The van der Waals surface area contributed by atoms with Gasteiger partial charge in [-0.25, -0.2) is 0 Å². The Morgan fingerprint density at radius 2 is 0.857 bits per heavy atom. The number of anilines is 3. The van der Waals surface area contributed by atoms with Crippen LogP contribution in [0.3, 0.4) is 0 Å². The second kappa shape index (κ2) is 14.1. The summed E-state index contributed by atoms with van der Waals surface area (Å²) in [5.74, 6) is 0. The molecule has 0 aliphatic rings. The molecule has 0 aliphatic heterocycles. The van der Waals surface area contributed by atoms with Gasteiger partial charge in [-0.3, -0.25) is 0 Å². The van der Waals surface area contributed by atoms with Gasteiger partial charge in [-0.15, -0.1) is 0 Å². The molecule has 63 heavy (non-hydrogen) atoms. The third-order valence-electron chi connectivity index (χ3n) is 13.0. The maximum Gasteiger partial charge on any atom is 0.143 e. The van der Waals surface area contributed by atoms with Gasteiger partial charge >= 0.3 is 0 Å². The smallest absolute Gasteiger partial charge is 0.143 e. The maximum atomic E-state index is 6.71. The second-order valence-corrected chi connectivity index (χ2v) is 16.5. The lowest BCUT2D eigenvalue weighted by Crippen LogP contribution is -2.10. The molecule has 0 amide bonds. The molecule has 11 aromatic carbocycles. The summed E-state index contributed by atoms with van der Waals surface area (Å²) in [6, 6.07) is 83.5. The van der Waals surface area contributed by atoms with Crippen molar-refractivity contribution in [3.8, 4) is 27.9 Å². The van der Waals surface area contributed by atoms with E-state index in [1.54, 1.807) is 0 Å². The molecule has 0 spiro atoms. The molecule has 0 saturated carbocycles. The Balaban J connectivity index is 0.941. The van der Waals surface area contributed by atoms with Gasteiger partial charge in [-0.1, -0.05) is 158 Å². The summed E-state index contributed by atoms with van der Waals surface area (Å²) in [6.07, 6.45) is 0. The lowest BCUT2D eigenvalue weighted by atomic mass is 9.97. The van der Waals surface area contributed by atoms with E-state index in [1.807, 2.05) is 0 Å². The molecule has 0 bridgehead atoms. The van der Waals surface area contributed by atoms with Crippen LogP contribution in [0.25, 0.3) is 104 Å². The fourth-order valence-electron chi connectivity index (χ4n) is 9.96. The number of para-hydroxylation sites is 2. The number of nitrogens with zero attached hydrogens (tertiary/aromatic N) is 2. The highest BCUT2D eigenvalue weighted by Crippen LogP contribution is 2.45. The van der Waals surface area contributed by atoms with Gasteiger partial charge in [0.25, 0.3) is 0 Å². The summed E-state index contributed by atoms with van der Waals surface area (Å²) >= 11 is 0. The first kappa shape index (κ1) is 35.4. The summed E-state index contributed by atoms with van der Waals surface area (Å²) in [4.78, 5) is 2.38. The van der Waals surface area contributed by atoms with Crippen LogP contribution in [-0.2, 0) is 0 Å². The number of hydrogen-bond acceptors (Lipinski definition) is 2. The highest BCUT2D eigenvalue weighted by molar-refractivity contribution is 6.19. The van der Waals surface area contributed by atoms with Crippen LogP contribution in [0, 0.1) is 0 Å². The topological polar surface area (TPSA) is 21.3 Å². The van der Waals surface area contributed by atoms with Crippen molar-refractivity contribution in [3.63, 3.8) is 0 Å². The molecule has 2 aromatic heterocycles. The molecule has 2 heterocycles. The first-order valence-electron chi connectivity index (χ1n) is 21.6. The minimum Gasteiger partial charge on any atom is -0.455 e. The van der Waals surface area contributed by atoms with Crippen molar-refractivity contribution in [2.45, 2.75) is 0 Å². The summed E-state index contributed by atoms with van der Waals surface area (Å²) in [6.45, 7) is 0. The van der Waals surface area contributed by atoms with Crippen LogP contribution in [0.2, 0.25) is 0 Å². The van der Waals surface area contributed by atoms with Crippen molar-refractivity contribution in [2.75, 3.05) is 4.90 Å². The predicted octanol–water partition coefficient (Wildman–Crippen LogP) is 16.9. The number of furan rings is 1. The molecule has 0 aliphatic carbocycles. The van der Waals surface area contributed by atoms with E-state index in [2.05, 4.69) is 240 Å². The largest absolute Gasteiger partial charge is 0.455 e. The van der Waals surface area contributed by atoms with Crippen molar-refractivity contribution in [1.82, 2.24) is 4.57 Å². The zero-order chi connectivity index (χ0) is 41.4. The number of fused-ring (bicyclic) bond motifs is 11. The van der Waals surface area contributed by atoms with Crippen LogP contribution >= 0.6 is 0 Å². The number of rotatable bonds is 6. The lowest BCUT2D eigenvalue weighted by Gasteiger charge is -2.26. The third-order valence-corrected chi connectivity index (χ3v) is 13.0. The molecular weight excluding hydrogens is 765 g/mol. The Morgan fingerprint density at radius 3 is 1.56 bits per heavy atom. The van der Waals surface area contributed by atoms with E-state index in [-0.39, 0.29) is 0 Å². The Morgan fingerprint density at radius 1 is 0.333 bits per heavy atom. The molecular formula is C60H38N2O. The molecule has 0 atom stereocenters. The fourth-order valence-corrected chi connectivity index (χ4v) is 9.96. The molecule has 0 saturated heterocycles. The highest BCUT2D eigenvalue weighted by atomic mass is 16.3. The molecule has 13 aromatic rings. The minimum atomic E-state index is 0.863. The van der Waals surface area contributed by atoms with E-state index >= 15 is 0 Å². The summed E-state index contributed by atoms with van der Waals surface area (Å²) < 4.78 is 9.10. The Bertz CT molecular complexity index is 3860. The monoisotopic (exact) mass is 802 g/mol. The van der Waals surface area contributed by atoms with Gasteiger partial charge in [0.05, 0.1) is 22.1 Å². The number of benzene rings is 11. The Kier molecular flexibility index (Phi) is 7.91. The molecule has 0 fully saturated rings. The quantitative estimate of drug-likeness (QED) is 0.156. The predicted molar refractivity (Wildman–Crippen MR) is 266 cm³/mol. The normalized spacial score (nSPS) is 11.8. The summed E-state index contributed by atoms with van der Waals surface area (Å²) in [7, 11) is 0. The zero-order valence-electron chi connectivity index (χ0n) is 34.2. The van der Waals surface area contributed by atoms with E-state index in [1.165, 1.54) is 54.5 Å². The van der Waals surface area contributed by atoms with Crippen LogP contribution < -0.4 is 4.90 Å². The number of aromatic nitrogens is 1. The average molecular weight is 803 g/mol. The number of hydrogen-bond donors (Lipinski definition) is 0. The molecule has 13 rings (SSSR count). The van der Waals surface area contributed by atoms with Crippen molar-refractivity contribution in [3.05, 3.63) is 231 Å². The summed E-state index contributed by atoms with van der Waals surface area (Å²) in [5, 5.41) is 12.0. The van der Waals surface area contributed by atoms with E-state index in [0.717, 1.165) is 66.6 Å². The molecule has 0 N–H and O–H groups in total. The van der Waals surface area contributed by atoms with Crippen LogP contribution in [0.5, 0.6) is 0 Å². The van der Waals surface area contributed by atoms with Crippen molar-refractivity contribution >= 4 is 93.1 Å². The standard InChI is InChI=1S/C60H38N2O/c1-3-15-49-41(11-1)23-24-43-25-26-45(38-54(43)49)40-29-34-47(35-30-40)61(57-21-10-22-58-59(57)53-36-31-42-12-2-4-16-50(42)60(53)63-58)46-32-27-39(28-33-46)44-13-9-14-48(37-44)62-55-19-7-5-17-51(55)52-18-6-8-20-56(52)62/h1-38H. The van der Waals surface area contributed by atoms with Gasteiger partial charge < -0.3 is 13.9 Å². The first-order valence-corrected chi connectivity index (χ1v) is 21.6. The Hall–Kier alpha value is -8.40. The first-order chi connectivity index (χ1) is 31.2. The zero-order valence-corrected chi connectivity index (χ0v) is 34.2. The lowest BCUT2D eigenvalue weighted by molar-refractivity contribution is 0.672. The fraction of sp³-hybridized carbons (Fsp3) is 0. The van der Waals surface area contributed by atoms with Gasteiger partial charge in [-0.05, 0) is 122 Å². The average Bonchev–Trinajstić information content (AvgIpc) is 3.91.